The molecule has 0 aromatic carbocycles. The number of amides is 1. The lowest BCUT2D eigenvalue weighted by Crippen LogP contribution is -2.43. The molecule has 5 atom stereocenters. The number of rotatable bonds is 8. The molecule has 0 aliphatic heterocycles. The molecule has 2 heterocycles. The highest BCUT2D eigenvalue weighted by molar-refractivity contribution is 6.28. The van der Waals surface area contributed by atoms with E-state index in [9.17, 15) is 18.9 Å². The van der Waals surface area contributed by atoms with Crippen molar-refractivity contribution in [3.63, 3.8) is 0 Å². The number of nitrogens with zero attached hydrogens (tertiary/aromatic N) is 5. The number of aromatic nitrogens is 4. The van der Waals surface area contributed by atoms with Crippen molar-refractivity contribution in [3.05, 3.63) is 34.7 Å². The molecule has 1 amide bonds. The summed E-state index contributed by atoms with van der Waals surface area (Å²) in [5, 5.41) is 8.56. The Labute approximate surface area is 175 Å². The number of aldehydes is 1. The highest BCUT2D eigenvalue weighted by Crippen LogP contribution is 2.51. The predicted octanol–water partition coefficient (Wildman–Crippen LogP) is 1.93. The van der Waals surface area contributed by atoms with E-state index in [-0.39, 0.29) is 59.1 Å². The number of imidazole rings is 1. The van der Waals surface area contributed by atoms with Gasteiger partial charge in [0.25, 0.3) is 0 Å². The van der Waals surface area contributed by atoms with Gasteiger partial charge in [-0.25, -0.2) is 14.4 Å². The van der Waals surface area contributed by atoms with E-state index < -0.39 is 5.82 Å². The zero-order valence-corrected chi connectivity index (χ0v) is 16.5. The van der Waals surface area contributed by atoms with Gasteiger partial charge in [-0.3, -0.25) is 4.79 Å². The molecule has 158 valence electrons. The van der Waals surface area contributed by atoms with Crippen molar-refractivity contribution >= 4 is 35.4 Å². The zero-order valence-electron chi connectivity index (χ0n) is 15.7. The van der Waals surface area contributed by atoms with E-state index in [4.69, 9.17) is 11.6 Å². The van der Waals surface area contributed by atoms with Crippen LogP contribution in [-0.4, -0.2) is 44.3 Å². The molecule has 2 aliphatic carbocycles. The summed E-state index contributed by atoms with van der Waals surface area (Å²) in [6.07, 6.45) is 6.28. The molecule has 5 unspecified atom stereocenters. The largest absolute Gasteiger partial charge is 0.364 e. The normalized spacial score (nSPS) is 27.1. The third-order valence-electron chi connectivity index (χ3n) is 5.98. The maximum absolute atomic E-state index is 14.1. The van der Waals surface area contributed by atoms with Crippen LogP contribution in [0.5, 0.6) is 0 Å². The van der Waals surface area contributed by atoms with Gasteiger partial charge >= 0.3 is 0 Å². The van der Waals surface area contributed by atoms with Crippen LogP contribution in [0.1, 0.15) is 12.8 Å². The van der Waals surface area contributed by atoms with Gasteiger partial charge in [-0.15, -0.1) is 4.91 Å². The molecule has 2 fully saturated rings. The van der Waals surface area contributed by atoms with Crippen LogP contribution in [0.4, 0.5) is 16.0 Å². The molecular formula is C18H19ClFN7O3. The summed E-state index contributed by atoms with van der Waals surface area (Å²) in [7, 11) is 0. The second-order valence-electron chi connectivity index (χ2n) is 7.67. The first-order valence-electron chi connectivity index (χ1n) is 9.50. The molecular weight excluding hydrogens is 417 g/mol. The van der Waals surface area contributed by atoms with Crippen molar-refractivity contribution in [2.45, 2.75) is 25.4 Å². The molecule has 2 bridgehead atoms. The van der Waals surface area contributed by atoms with Gasteiger partial charge in [-0.05, 0) is 47.4 Å². The smallest absolute Gasteiger partial charge is 0.239 e. The number of nitroso groups, excluding NO2 is 1. The summed E-state index contributed by atoms with van der Waals surface area (Å²) < 4.78 is 15.5. The second-order valence-corrected chi connectivity index (χ2v) is 8.01. The number of halogens is 2. The second kappa shape index (κ2) is 8.42. The quantitative estimate of drug-likeness (QED) is 0.368. The van der Waals surface area contributed by atoms with E-state index >= 15 is 0 Å². The summed E-state index contributed by atoms with van der Waals surface area (Å²) in [6, 6.07) is -0.293. The summed E-state index contributed by atoms with van der Waals surface area (Å²) in [6.45, 7) is 0.455. The van der Waals surface area contributed by atoms with Crippen LogP contribution in [0.2, 0.25) is 5.28 Å². The first kappa shape index (κ1) is 20.3. The Morgan fingerprint density at radius 1 is 1.40 bits per heavy atom. The minimum atomic E-state index is -0.638. The molecule has 10 nitrogen and oxygen atoms in total. The average Bonchev–Trinajstić information content (AvgIpc) is 3.43. The number of carbonyl (C=O) groups is 2. The minimum absolute atomic E-state index is 0.0155. The highest BCUT2D eigenvalue weighted by Gasteiger charge is 2.52. The third-order valence-corrected chi connectivity index (χ3v) is 6.16. The van der Waals surface area contributed by atoms with Gasteiger partial charge < -0.3 is 20.0 Å². The van der Waals surface area contributed by atoms with Crippen molar-refractivity contribution < 1.29 is 14.0 Å². The monoisotopic (exact) mass is 435 g/mol. The van der Waals surface area contributed by atoms with Crippen LogP contribution in [0.3, 0.4) is 0 Å². The fourth-order valence-corrected chi connectivity index (χ4v) is 4.85. The van der Waals surface area contributed by atoms with Crippen molar-refractivity contribution in [2.24, 2.45) is 28.8 Å². The SMILES string of the molecule is O=CC1C2CC(CNC(=O)Cn3cnc(N=O)c3)C(C2)C1Nc1nc(Cl)ncc1F. The molecule has 2 aromatic rings. The fraction of sp³-hybridized carbons (Fsp3) is 0.500. The summed E-state index contributed by atoms with van der Waals surface area (Å²) in [5.74, 6) is -0.735. The Morgan fingerprint density at radius 3 is 2.97 bits per heavy atom. The number of hydrogen-bond donors (Lipinski definition) is 2. The molecule has 2 aromatic heterocycles. The van der Waals surface area contributed by atoms with Gasteiger partial charge in [0.2, 0.25) is 17.0 Å². The van der Waals surface area contributed by atoms with Crippen LogP contribution < -0.4 is 10.6 Å². The lowest BCUT2D eigenvalue weighted by atomic mass is 9.78. The van der Waals surface area contributed by atoms with Gasteiger partial charge in [-0.2, -0.15) is 4.98 Å². The van der Waals surface area contributed by atoms with E-state index in [2.05, 4.69) is 30.8 Å². The number of nitrogens with one attached hydrogen (secondary N) is 2. The Morgan fingerprint density at radius 2 is 2.23 bits per heavy atom. The lowest BCUT2D eigenvalue weighted by Gasteiger charge is -2.34. The van der Waals surface area contributed by atoms with Crippen LogP contribution >= 0.6 is 11.6 Å². The maximum atomic E-state index is 14.1. The van der Waals surface area contributed by atoms with Crippen molar-refractivity contribution in [2.75, 3.05) is 11.9 Å². The molecule has 12 heteroatoms. The summed E-state index contributed by atoms with van der Waals surface area (Å²) >= 11 is 5.77. The fourth-order valence-electron chi connectivity index (χ4n) is 4.72. The highest BCUT2D eigenvalue weighted by atomic mass is 35.5. The van der Waals surface area contributed by atoms with Crippen LogP contribution in [0.15, 0.2) is 23.9 Å². The molecule has 2 saturated carbocycles. The Kier molecular flexibility index (Phi) is 5.71. The average molecular weight is 436 g/mol. The molecule has 4 rings (SSSR count). The van der Waals surface area contributed by atoms with Crippen LogP contribution in [-0.2, 0) is 16.1 Å². The summed E-state index contributed by atoms with van der Waals surface area (Å²) in [4.78, 5) is 45.5. The molecule has 0 radical (unpaired) electrons. The molecule has 0 spiro atoms. The summed E-state index contributed by atoms with van der Waals surface area (Å²) in [5.41, 5.74) is 0. The topological polar surface area (TPSA) is 131 Å². The third kappa shape index (κ3) is 4.02. The van der Waals surface area contributed by atoms with Crippen molar-refractivity contribution in [1.82, 2.24) is 24.8 Å². The first-order valence-corrected chi connectivity index (χ1v) is 9.88. The van der Waals surface area contributed by atoms with Gasteiger partial charge in [0.1, 0.15) is 12.8 Å². The molecule has 0 saturated heterocycles. The number of carbonyl (C=O) groups excluding carboxylic acids is 2. The lowest BCUT2D eigenvalue weighted by molar-refractivity contribution is -0.122. The standard InChI is InChI=1S/C18H19ClFN7O3/c19-18-22-4-13(20)17(25-18)24-16-11-2-9(12(16)7-28)1-10(11)3-21-15(29)6-27-5-14(26-30)23-8-27/h4-5,7-12,16H,1-3,6H2,(H,21,29)(H,22,24,25). The van der Waals surface area contributed by atoms with E-state index in [0.29, 0.717) is 6.54 Å². The van der Waals surface area contributed by atoms with E-state index in [1.807, 2.05) is 0 Å². The Hall–Kier alpha value is -2.95. The molecule has 2 aliphatic rings. The number of fused-ring (bicyclic) bond motifs is 2. The van der Waals surface area contributed by atoms with Gasteiger partial charge in [0.15, 0.2) is 11.6 Å². The first-order chi connectivity index (χ1) is 14.5. The Balaban J connectivity index is 1.38. The van der Waals surface area contributed by atoms with Gasteiger partial charge in [0, 0.05) is 18.5 Å². The maximum Gasteiger partial charge on any atom is 0.239 e. The molecule has 2 N–H and O–H groups in total. The zero-order chi connectivity index (χ0) is 21.3. The van der Waals surface area contributed by atoms with E-state index in [1.54, 1.807) is 0 Å². The van der Waals surface area contributed by atoms with Crippen molar-refractivity contribution in [1.29, 1.82) is 0 Å². The van der Waals surface area contributed by atoms with E-state index in [0.717, 1.165) is 25.3 Å². The van der Waals surface area contributed by atoms with Crippen LogP contribution in [0, 0.1) is 34.4 Å². The Bertz CT molecular complexity index is 971. The van der Waals surface area contributed by atoms with Crippen molar-refractivity contribution in [3.8, 4) is 0 Å². The molecule has 30 heavy (non-hydrogen) atoms. The van der Waals surface area contributed by atoms with Gasteiger partial charge in [0.05, 0.1) is 18.7 Å². The van der Waals surface area contributed by atoms with E-state index in [1.165, 1.54) is 17.1 Å². The minimum Gasteiger partial charge on any atom is -0.364 e. The van der Waals surface area contributed by atoms with Crippen LogP contribution in [0.25, 0.3) is 0 Å². The predicted molar refractivity (Wildman–Crippen MR) is 104 cm³/mol. The van der Waals surface area contributed by atoms with Gasteiger partial charge in [-0.1, -0.05) is 0 Å². The number of hydrogen-bond acceptors (Lipinski definition) is 8. The number of anilines is 1.